The van der Waals surface area contributed by atoms with E-state index < -0.39 is 17.4 Å². The summed E-state index contributed by atoms with van der Waals surface area (Å²) in [7, 11) is 2.59. The molecule has 112 valence electrons. The Morgan fingerprint density at radius 3 is 2.29 bits per heavy atom. The summed E-state index contributed by atoms with van der Waals surface area (Å²) in [5, 5.41) is 0. The summed E-state index contributed by atoms with van der Waals surface area (Å²) in [4.78, 5) is 25.0. The fraction of sp³-hybridized carbons (Fsp3) is 0.412. The molecule has 21 heavy (non-hydrogen) atoms. The van der Waals surface area contributed by atoms with Crippen molar-refractivity contribution in [1.82, 2.24) is 0 Å². The number of methoxy groups -OCH3 is 2. The number of ether oxygens (including phenoxy) is 2. The third-order valence-electron chi connectivity index (χ3n) is 3.96. The fourth-order valence-corrected chi connectivity index (χ4v) is 2.93. The first-order valence-corrected chi connectivity index (χ1v) is 7.10. The molecule has 4 heteroatoms. The Kier molecular flexibility index (Phi) is 4.46. The van der Waals surface area contributed by atoms with E-state index >= 15 is 0 Å². The van der Waals surface area contributed by atoms with Crippen LogP contribution in [0.3, 0.4) is 0 Å². The second-order valence-corrected chi connectivity index (χ2v) is 5.09. The molecule has 0 fully saturated rings. The highest BCUT2D eigenvalue weighted by Crippen LogP contribution is 2.45. The summed E-state index contributed by atoms with van der Waals surface area (Å²) in [6.45, 7) is 2.07. The lowest BCUT2D eigenvalue weighted by molar-refractivity contribution is -0.159. The van der Waals surface area contributed by atoms with Crippen molar-refractivity contribution in [2.24, 2.45) is 0 Å². The zero-order chi connectivity index (χ0) is 15.5. The second-order valence-electron chi connectivity index (χ2n) is 5.09. The summed E-state index contributed by atoms with van der Waals surface area (Å²) < 4.78 is 9.89. The van der Waals surface area contributed by atoms with Crippen molar-refractivity contribution >= 4 is 18.0 Å². The van der Waals surface area contributed by atoms with E-state index in [-0.39, 0.29) is 0 Å². The van der Waals surface area contributed by atoms with E-state index in [1.165, 1.54) is 14.2 Å². The maximum Gasteiger partial charge on any atom is 0.332 e. The molecule has 0 atom stereocenters. The summed E-state index contributed by atoms with van der Waals surface area (Å²) >= 11 is 0. The minimum absolute atomic E-state index is 0.582. The summed E-state index contributed by atoms with van der Waals surface area (Å²) in [5.74, 6) is -1.16. The minimum Gasteiger partial charge on any atom is -0.468 e. The van der Waals surface area contributed by atoms with E-state index in [4.69, 9.17) is 9.47 Å². The van der Waals surface area contributed by atoms with E-state index in [0.717, 1.165) is 24.0 Å². The molecule has 0 unspecified atom stereocenters. The van der Waals surface area contributed by atoms with Gasteiger partial charge in [-0.3, -0.25) is 9.59 Å². The van der Waals surface area contributed by atoms with E-state index in [0.29, 0.717) is 12.0 Å². The first-order valence-electron chi connectivity index (χ1n) is 7.10. The van der Waals surface area contributed by atoms with Gasteiger partial charge in [0.05, 0.1) is 14.2 Å². The van der Waals surface area contributed by atoms with Gasteiger partial charge in [-0.25, -0.2) is 0 Å². The third-order valence-corrected chi connectivity index (χ3v) is 3.96. The molecule has 0 bridgehead atoms. The van der Waals surface area contributed by atoms with Crippen LogP contribution in [0.1, 0.15) is 37.3 Å². The summed E-state index contributed by atoms with van der Waals surface area (Å²) in [5.41, 5.74) is 0.827. The van der Waals surface area contributed by atoms with Crippen LogP contribution in [0, 0.1) is 0 Å². The SMILES string of the molecule is CCCCC1=Cc2ccccc2C1(C(=O)OC)C(=O)OC. The smallest absolute Gasteiger partial charge is 0.332 e. The maximum absolute atomic E-state index is 12.5. The predicted molar refractivity (Wildman–Crippen MR) is 79.7 cm³/mol. The highest BCUT2D eigenvalue weighted by atomic mass is 16.5. The Bertz CT molecular complexity index is 570. The van der Waals surface area contributed by atoms with Crippen molar-refractivity contribution in [1.29, 1.82) is 0 Å². The normalized spacial score (nSPS) is 15.1. The van der Waals surface area contributed by atoms with Crippen molar-refractivity contribution < 1.29 is 19.1 Å². The van der Waals surface area contributed by atoms with Gasteiger partial charge in [0.15, 0.2) is 0 Å². The number of carbonyl (C=O) groups excluding carboxylic acids is 2. The molecule has 0 saturated carbocycles. The molecular weight excluding hydrogens is 268 g/mol. The number of rotatable bonds is 5. The van der Waals surface area contributed by atoms with Crippen molar-refractivity contribution in [3.8, 4) is 0 Å². The molecule has 4 nitrogen and oxygen atoms in total. The number of hydrogen-bond donors (Lipinski definition) is 0. The molecule has 2 rings (SSSR count). The van der Waals surface area contributed by atoms with Crippen LogP contribution < -0.4 is 0 Å². The monoisotopic (exact) mass is 288 g/mol. The fourth-order valence-electron chi connectivity index (χ4n) is 2.93. The number of carbonyl (C=O) groups is 2. The van der Waals surface area contributed by atoms with Crippen molar-refractivity contribution in [3.63, 3.8) is 0 Å². The van der Waals surface area contributed by atoms with Gasteiger partial charge in [-0.15, -0.1) is 0 Å². The van der Waals surface area contributed by atoms with Gasteiger partial charge >= 0.3 is 11.9 Å². The molecule has 0 N–H and O–H groups in total. The Labute approximate surface area is 124 Å². The number of unbranched alkanes of at least 4 members (excludes halogenated alkanes) is 1. The molecule has 1 aliphatic rings. The van der Waals surface area contributed by atoms with Gasteiger partial charge in [0, 0.05) is 0 Å². The van der Waals surface area contributed by atoms with Gasteiger partial charge in [0.1, 0.15) is 0 Å². The summed E-state index contributed by atoms with van der Waals surface area (Å²) in [6.07, 6.45) is 4.45. The van der Waals surface area contributed by atoms with E-state index in [1.54, 1.807) is 6.07 Å². The molecule has 0 heterocycles. The van der Waals surface area contributed by atoms with Gasteiger partial charge in [0.25, 0.3) is 0 Å². The third kappa shape index (κ3) is 2.24. The molecule has 1 aliphatic carbocycles. The standard InChI is InChI=1S/C17H20O4/c1-4-5-9-13-11-12-8-6-7-10-14(12)17(13,15(18)20-2)16(19)21-3/h6-8,10-11H,4-5,9H2,1-3H3. The lowest BCUT2D eigenvalue weighted by atomic mass is 9.75. The number of esters is 2. The largest absolute Gasteiger partial charge is 0.468 e. The molecule has 0 aromatic heterocycles. The molecule has 0 spiro atoms. The Hall–Kier alpha value is -2.10. The van der Waals surface area contributed by atoms with E-state index in [1.807, 2.05) is 24.3 Å². The molecular formula is C17H20O4. The average Bonchev–Trinajstić information content (AvgIpc) is 2.86. The Morgan fingerprint density at radius 1 is 1.10 bits per heavy atom. The first kappa shape index (κ1) is 15.3. The van der Waals surface area contributed by atoms with Crippen molar-refractivity contribution in [3.05, 3.63) is 41.0 Å². The zero-order valence-electron chi connectivity index (χ0n) is 12.6. The molecule has 0 saturated heterocycles. The Morgan fingerprint density at radius 2 is 1.71 bits per heavy atom. The van der Waals surface area contributed by atoms with Crippen LogP contribution in [-0.2, 0) is 24.5 Å². The zero-order valence-corrected chi connectivity index (χ0v) is 12.6. The highest BCUT2D eigenvalue weighted by Gasteiger charge is 2.56. The van der Waals surface area contributed by atoms with E-state index in [9.17, 15) is 9.59 Å². The first-order chi connectivity index (χ1) is 10.1. The van der Waals surface area contributed by atoms with Gasteiger partial charge in [-0.1, -0.05) is 43.7 Å². The Balaban J connectivity index is 2.64. The van der Waals surface area contributed by atoms with Gasteiger partial charge in [-0.05, 0) is 29.5 Å². The van der Waals surface area contributed by atoms with Crippen LogP contribution in [0.15, 0.2) is 29.8 Å². The number of hydrogen-bond acceptors (Lipinski definition) is 4. The van der Waals surface area contributed by atoms with Crippen LogP contribution in [0.5, 0.6) is 0 Å². The van der Waals surface area contributed by atoms with Crippen LogP contribution in [0.4, 0.5) is 0 Å². The van der Waals surface area contributed by atoms with Crippen molar-refractivity contribution in [2.75, 3.05) is 14.2 Å². The second kappa shape index (κ2) is 6.12. The molecule has 0 aliphatic heterocycles. The lowest BCUT2D eigenvalue weighted by Gasteiger charge is -2.28. The van der Waals surface area contributed by atoms with E-state index in [2.05, 4.69) is 6.92 Å². The lowest BCUT2D eigenvalue weighted by Crippen LogP contribution is -2.45. The van der Waals surface area contributed by atoms with Gasteiger partial charge < -0.3 is 9.47 Å². The number of benzene rings is 1. The van der Waals surface area contributed by atoms with Crippen molar-refractivity contribution in [2.45, 2.75) is 31.6 Å². The molecule has 0 amide bonds. The number of fused-ring (bicyclic) bond motifs is 1. The van der Waals surface area contributed by atoms with Gasteiger partial charge in [-0.2, -0.15) is 0 Å². The maximum atomic E-state index is 12.5. The topological polar surface area (TPSA) is 52.6 Å². The molecule has 1 aromatic carbocycles. The quantitative estimate of drug-likeness (QED) is 0.617. The minimum atomic E-state index is -1.45. The highest BCUT2D eigenvalue weighted by molar-refractivity contribution is 6.13. The van der Waals surface area contributed by atoms with Crippen LogP contribution >= 0.6 is 0 Å². The van der Waals surface area contributed by atoms with Crippen LogP contribution in [0.25, 0.3) is 6.08 Å². The van der Waals surface area contributed by atoms with Crippen LogP contribution in [0.2, 0.25) is 0 Å². The van der Waals surface area contributed by atoms with Crippen LogP contribution in [-0.4, -0.2) is 26.2 Å². The average molecular weight is 288 g/mol. The molecule has 0 radical (unpaired) electrons. The molecule has 1 aromatic rings. The predicted octanol–water partition coefficient (Wildman–Crippen LogP) is 2.86. The summed E-state index contributed by atoms with van der Waals surface area (Å²) in [6, 6.07) is 7.39. The van der Waals surface area contributed by atoms with Gasteiger partial charge in [0.2, 0.25) is 5.41 Å².